The second kappa shape index (κ2) is 7.13. The molecule has 1 amide bonds. The minimum absolute atomic E-state index is 0.155. The molecule has 0 saturated carbocycles. The summed E-state index contributed by atoms with van der Waals surface area (Å²) in [5.74, 6) is 0.429. The third kappa shape index (κ3) is 4.60. The number of nitrogens with two attached hydrogens (primary N) is 1. The number of guanidine groups is 1. The number of aromatic hydroxyl groups is 1. The molecule has 0 aromatic heterocycles. The Morgan fingerprint density at radius 1 is 1.22 bits per heavy atom. The van der Waals surface area contributed by atoms with E-state index in [-0.39, 0.29) is 5.75 Å². The summed E-state index contributed by atoms with van der Waals surface area (Å²) in [7, 11) is 0. The number of phenols is 1. The number of carbonyl (C=O) groups is 1. The Balaban J connectivity index is 2.25. The number of benzene rings is 2. The van der Waals surface area contributed by atoms with Crippen molar-refractivity contribution >= 4 is 17.9 Å². The molecule has 2 aromatic rings. The van der Waals surface area contributed by atoms with Crippen LogP contribution in [0, 0.1) is 5.41 Å². The maximum absolute atomic E-state index is 11.8. The van der Waals surface area contributed by atoms with Crippen molar-refractivity contribution in [1.82, 2.24) is 5.32 Å². The standard InChI is InChI=1S/C17H17N3O3/c1-11(16(22)20-17(18)19)10-12-4-2-3-5-15(12)23-14-8-6-13(21)7-9-14/h2-10,21H,1H3,(H4,18,19,20,22)/b11-10+. The highest BCUT2D eigenvalue weighted by Gasteiger charge is 2.08. The van der Waals surface area contributed by atoms with Gasteiger partial charge in [0.1, 0.15) is 17.2 Å². The Morgan fingerprint density at radius 3 is 2.52 bits per heavy atom. The Morgan fingerprint density at radius 2 is 1.87 bits per heavy atom. The monoisotopic (exact) mass is 311 g/mol. The highest BCUT2D eigenvalue weighted by molar-refractivity contribution is 6.06. The number of rotatable bonds is 4. The molecule has 118 valence electrons. The summed E-state index contributed by atoms with van der Waals surface area (Å²) in [6.45, 7) is 1.62. The zero-order valence-corrected chi connectivity index (χ0v) is 12.5. The van der Waals surface area contributed by atoms with Crippen molar-refractivity contribution in [3.05, 3.63) is 59.7 Å². The van der Waals surface area contributed by atoms with Gasteiger partial charge in [0.25, 0.3) is 5.91 Å². The smallest absolute Gasteiger partial charge is 0.253 e. The third-order valence-corrected chi connectivity index (χ3v) is 2.96. The van der Waals surface area contributed by atoms with Crippen LogP contribution in [0.1, 0.15) is 12.5 Å². The number of carbonyl (C=O) groups excluding carboxylic acids is 1. The van der Waals surface area contributed by atoms with Gasteiger partial charge in [0.15, 0.2) is 5.96 Å². The fourth-order valence-electron chi connectivity index (χ4n) is 1.85. The van der Waals surface area contributed by atoms with Gasteiger partial charge in [-0.3, -0.25) is 15.5 Å². The maximum Gasteiger partial charge on any atom is 0.253 e. The highest BCUT2D eigenvalue weighted by Crippen LogP contribution is 2.28. The Bertz CT molecular complexity index is 752. The van der Waals surface area contributed by atoms with Crippen LogP contribution >= 0.6 is 0 Å². The molecule has 0 spiro atoms. The lowest BCUT2D eigenvalue weighted by molar-refractivity contribution is -0.116. The molecular weight excluding hydrogens is 294 g/mol. The van der Waals surface area contributed by atoms with Gasteiger partial charge < -0.3 is 15.6 Å². The van der Waals surface area contributed by atoms with Gasteiger partial charge in [-0.15, -0.1) is 0 Å². The average molecular weight is 311 g/mol. The molecular formula is C17H17N3O3. The quantitative estimate of drug-likeness (QED) is 0.395. The van der Waals surface area contributed by atoms with Gasteiger partial charge in [0.05, 0.1) is 0 Å². The zero-order valence-electron chi connectivity index (χ0n) is 12.5. The number of hydrogen-bond acceptors (Lipinski definition) is 4. The normalized spacial score (nSPS) is 10.9. The first kappa shape index (κ1) is 16.1. The van der Waals surface area contributed by atoms with Gasteiger partial charge in [-0.1, -0.05) is 18.2 Å². The minimum Gasteiger partial charge on any atom is -0.508 e. The van der Waals surface area contributed by atoms with Gasteiger partial charge >= 0.3 is 0 Å². The minimum atomic E-state index is -0.447. The number of phenolic OH excluding ortho intramolecular Hbond substituents is 1. The van der Waals surface area contributed by atoms with E-state index in [0.29, 0.717) is 22.6 Å². The fourth-order valence-corrected chi connectivity index (χ4v) is 1.85. The molecule has 0 saturated heterocycles. The van der Waals surface area contributed by atoms with Crippen molar-refractivity contribution in [1.29, 1.82) is 5.41 Å². The van der Waals surface area contributed by atoms with Crippen LogP contribution in [0.4, 0.5) is 0 Å². The molecule has 0 atom stereocenters. The summed E-state index contributed by atoms with van der Waals surface area (Å²) in [4.78, 5) is 11.8. The summed E-state index contributed by atoms with van der Waals surface area (Å²) in [5.41, 5.74) is 6.24. The molecule has 2 rings (SSSR count). The van der Waals surface area contributed by atoms with E-state index in [4.69, 9.17) is 15.9 Å². The lowest BCUT2D eigenvalue weighted by Gasteiger charge is -2.10. The van der Waals surface area contributed by atoms with Crippen molar-refractivity contribution < 1.29 is 14.6 Å². The Labute approximate surface area is 133 Å². The number of para-hydroxylation sites is 1. The lowest BCUT2D eigenvalue weighted by atomic mass is 10.1. The van der Waals surface area contributed by atoms with Crippen LogP contribution in [0.2, 0.25) is 0 Å². The molecule has 0 unspecified atom stereocenters. The molecule has 0 heterocycles. The van der Waals surface area contributed by atoms with Crippen LogP contribution in [-0.2, 0) is 4.79 Å². The Hall–Kier alpha value is -3.28. The molecule has 0 bridgehead atoms. The van der Waals surface area contributed by atoms with Crippen LogP contribution in [0.5, 0.6) is 17.2 Å². The van der Waals surface area contributed by atoms with E-state index in [2.05, 4.69) is 5.32 Å². The summed E-state index contributed by atoms with van der Waals surface area (Å²) in [5, 5.41) is 18.6. The molecule has 0 aliphatic heterocycles. The van der Waals surface area contributed by atoms with Crippen LogP contribution < -0.4 is 15.8 Å². The van der Waals surface area contributed by atoms with Gasteiger partial charge in [-0.05, 0) is 43.3 Å². The SMILES string of the molecule is C/C(=C\c1ccccc1Oc1ccc(O)cc1)C(=O)NC(=N)N. The van der Waals surface area contributed by atoms with E-state index in [9.17, 15) is 9.90 Å². The molecule has 6 heteroatoms. The highest BCUT2D eigenvalue weighted by atomic mass is 16.5. The fraction of sp³-hybridized carbons (Fsp3) is 0.0588. The third-order valence-electron chi connectivity index (χ3n) is 2.96. The first-order valence-electron chi connectivity index (χ1n) is 6.85. The Kier molecular flexibility index (Phi) is 4.99. The molecule has 0 aliphatic carbocycles. The molecule has 2 aromatic carbocycles. The van der Waals surface area contributed by atoms with Crippen LogP contribution in [-0.4, -0.2) is 17.0 Å². The second-order valence-electron chi connectivity index (χ2n) is 4.83. The number of amides is 1. The van der Waals surface area contributed by atoms with Crippen molar-refractivity contribution in [2.75, 3.05) is 0 Å². The predicted octanol–water partition coefficient (Wildman–Crippen LogP) is 2.60. The molecule has 0 fully saturated rings. The largest absolute Gasteiger partial charge is 0.508 e. The first-order chi connectivity index (χ1) is 11.0. The van der Waals surface area contributed by atoms with Crippen molar-refractivity contribution in [3.63, 3.8) is 0 Å². The van der Waals surface area contributed by atoms with E-state index in [1.165, 1.54) is 12.1 Å². The zero-order chi connectivity index (χ0) is 16.8. The van der Waals surface area contributed by atoms with Crippen LogP contribution in [0.3, 0.4) is 0 Å². The molecule has 23 heavy (non-hydrogen) atoms. The van der Waals surface area contributed by atoms with Crippen molar-refractivity contribution in [3.8, 4) is 17.2 Å². The maximum atomic E-state index is 11.8. The van der Waals surface area contributed by atoms with E-state index in [0.717, 1.165) is 0 Å². The number of hydrogen-bond donors (Lipinski definition) is 4. The topological polar surface area (TPSA) is 108 Å². The van der Waals surface area contributed by atoms with Crippen molar-refractivity contribution in [2.24, 2.45) is 5.73 Å². The first-order valence-corrected chi connectivity index (χ1v) is 6.85. The number of ether oxygens (including phenoxy) is 1. The second-order valence-corrected chi connectivity index (χ2v) is 4.83. The summed E-state index contributed by atoms with van der Waals surface area (Å²) >= 11 is 0. The van der Waals surface area contributed by atoms with Crippen LogP contribution in [0.15, 0.2) is 54.1 Å². The summed E-state index contributed by atoms with van der Waals surface area (Å²) < 4.78 is 5.77. The van der Waals surface area contributed by atoms with Gasteiger partial charge in [0, 0.05) is 11.1 Å². The predicted molar refractivity (Wildman–Crippen MR) is 88.3 cm³/mol. The number of nitrogens with one attached hydrogen (secondary N) is 2. The van der Waals surface area contributed by atoms with E-state index in [1.807, 2.05) is 12.1 Å². The summed E-state index contributed by atoms with van der Waals surface area (Å²) in [6.07, 6.45) is 1.65. The van der Waals surface area contributed by atoms with E-state index >= 15 is 0 Å². The molecule has 5 N–H and O–H groups in total. The summed E-state index contributed by atoms with van der Waals surface area (Å²) in [6, 6.07) is 13.6. The lowest BCUT2D eigenvalue weighted by Crippen LogP contribution is -2.36. The molecule has 0 aliphatic rings. The molecule has 6 nitrogen and oxygen atoms in total. The van der Waals surface area contributed by atoms with Gasteiger partial charge in [-0.2, -0.15) is 0 Å². The van der Waals surface area contributed by atoms with Gasteiger partial charge in [0.2, 0.25) is 0 Å². The van der Waals surface area contributed by atoms with E-state index < -0.39 is 11.9 Å². The van der Waals surface area contributed by atoms with Crippen LogP contribution in [0.25, 0.3) is 6.08 Å². The van der Waals surface area contributed by atoms with E-state index in [1.54, 1.807) is 37.3 Å². The molecule has 0 radical (unpaired) electrons. The van der Waals surface area contributed by atoms with Gasteiger partial charge in [-0.25, -0.2) is 0 Å². The van der Waals surface area contributed by atoms with Crippen molar-refractivity contribution in [2.45, 2.75) is 6.92 Å². The average Bonchev–Trinajstić information content (AvgIpc) is 2.50.